The first kappa shape index (κ1) is 22.1. The van der Waals surface area contributed by atoms with Crippen LogP contribution in [0.15, 0.2) is 71.9 Å². The van der Waals surface area contributed by atoms with Crippen LogP contribution in [0.2, 0.25) is 0 Å². The number of aryl methyl sites for hydroxylation is 1. The standard InChI is InChI=1S/C24H21N5O3S/c1-14-6-8-18(9-7-14)29-20-5-3-2-4-19(20)28-24(29)33-13-21(30)27-17-11-15(22(25)31)10-16(12-17)23(26)32/h2-12H,13H2,1H3,(H2,25,31)(H2,26,32)(H,27,30). The minimum atomic E-state index is -0.727. The topological polar surface area (TPSA) is 133 Å². The first-order valence-corrected chi connectivity index (χ1v) is 11.0. The fraction of sp³-hybridized carbons (Fsp3) is 0.0833. The molecule has 0 unspecified atom stereocenters. The molecule has 3 amide bonds. The molecule has 166 valence electrons. The monoisotopic (exact) mass is 459 g/mol. The number of carbonyl (C=O) groups is 3. The van der Waals surface area contributed by atoms with Gasteiger partial charge in [-0.15, -0.1) is 0 Å². The molecule has 5 N–H and O–H groups in total. The van der Waals surface area contributed by atoms with Crippen LogP contribution in [0.3, 0.4) is 0 Å². The zero-order valence-electron chi connectivity index (χ0n) is 17.7. The number of nitrogens with one attached hydrogen (secondary N) is 1. The zero-order valence-corrected chi connectivity index (χ0v) is 18.6. The molecule has 0 saturated heterocycles. The number of imidazole rings is 1. The van der Waals surface area contributed by atoms with Gasteiger partial charge in [0, 0.05) is 22.5 Å². The van der Waals surface area contributed by atoms with E-state index in [9.17, 15) is 14.4 Å². The summed E-state index contributed by atoms with van der Waals surface area (Å²) in [6.45, 7) is 2.02. The third-order valence-corrected chi connectivity index (χ3v) is 5.88. The highest BCUT2D eigenvalue weighted by Gasteiger charge is 2.16. The van der Waals surface area contributed by atoms with E-state index in [4.69, 9.17) is 11.5 Å². The van der Waals surface area contributed by atoms with Crippen LogP contribution in [0, 0.1) is 6.92 Å². The van der Waals surface area contributed by atoms with E-state index in [0.717, 1.165) is 22.3 Å². The first-order chi connectivity index (χ1) is 15.8. The molecule has 0 aliphatic heterocycles. The number of primary amides is 2. The average Bonchev–Trinajstić information content (AvgIpc) is 3.16. The lowest BCUT2D eigenvalue weighted by atomic mass is 10.1. The lowest BCUT2D eigenvalue weighted by Gasteiger charge is -2.10. The number of para-hydroxylation sites is 2. The van der Waals surface area contributed by atoms with Crippen molar-refractivity contribution in [2.75, 3.05) is 11.1 Å². The van der Waals surface area contributed by atoms with Gasteiger partial charge in [-0.2, -0.15) is 0 Å². The largest absolute Gasteiger partial charge is 0.366 e. The number of amides is 3. The molecule has 0 saturated carbocycles. The molecule has 33 heavy (non-hydrogen) atoms. The van der Waals surface area contributed by atoms with Crippen molar-refractivity contribution in [1.29, 1.82) is 0 Å². The van der Waals surface area contributed by atoms with Crippen LogP contribution < -0.4 is 16.8 Å². The summed E-state index contributed by atoms with van der Waals surface area (Å²) in [5.41, 5.74) is 14.9. The van der Waals surface area contributed by atoms with Crippen molar-refractivity contribution in [3.8, 4) is 5.69 Å². The molecule has 9 heteroatoms. The molecule has 1 heterocycles. The second kappa shape index (κ2) is 9.17. The molecule has 0 fully saturated rings. The molecule has 4 aromatic rings. The highest BCUT2D eigenvalue weighted by molar-refractivity contribution is 7.99. The molecule has 0 aliphatic rings. The summed E-state index contributed by atoms with van der Waals surface area (Å²) in [6, 6.07) is 19.9. The molecular weight excluding hydrogens is 438 g/mol. The Labute approximate surface area is 194 Å². The predicted octanol–water partition coefficient (Wildman–Crippen LogP) is 3.26. The van der Waals surface area contributed by atoms with E-state index in [-0.39, 0.29) is 28.5 Å². The Morgan fingerprint density at radius 2 is 1.58 bits per heavy atom. The number of benzene rings is 3. The third kappa shape index (κ3) is 4.88. The number of hydrogen-bond acceptors (Lipinski definition) is 5. The Balaban J connectivity index is 1.58. The molecule has 0 aliphatic carbocycles. The smallest absolute Gasteiger partial charge is 0.248 e. The molecule has 0 spiro atoms. The summed E-state index contributed by atoms with van der Waals surface area (Å²) in [5.74, 6) is -1.73. The highest BCUT2D eigenvalue weighted by Crippen LogP contribution is 2.28. The highest BCUT2D eigenvalue weighted by atomic mass is 32.2. The maximum atomic E-state index is 12.7. The summed E-state index contributed by atoms with van der Waals surface area (Å²) < 4.78 is 2.01. The zero-order chi connectivity index (χ0) is 23.5. The van der Waals surface area contributed by atoms with Crippen molar-refractivity contribution in [3.05, 3.63) is 83.4 Å². The summed E-state index contributed by atoms with van der Waals surface area (Å²) in [6.07, 6.45) is 0. The minimum Gasteiger partial charge on any atom is -0.366 e. The molecule has 0 radical (unpaired) electrons. The SMILES string of the molecule is Cc1ccc(-n2c(SCC(=O)Nc3cc(C(N)=O)cc(C(N)=O)c3)nc3ccccc32)cc1. The van der Waals surface area contributed by atoms with E-state index in [1.165, 1.54) is 30.0 Å². The third-order valence-electron chi connectivity index (χ3n) is 4.94. The maximum Gasteiger partial charge on any atom is 0.248 e. The molecule has 8 nitrogen and oxygen atoms in total. The molecule has 0 bridgehead atoms. The number of thioether (sulfide) groups is 1. The van der Waals surface area contributed by atoms with Gasteiger partial charge in [0.25, 0.3) is 0 Å². The Morgan fingerprint density at radius 3 is 2.21 bits per heavy atom. The summed E-state index contributed by atoms with van der Waals surface area (Å²) in [4.78, 5) is 40.4. The van der Waals surface area contributed by atoms with E-state index in [0.29, 0.717) is 5.16 Å². The second-order valence-corrected chi connectivity index (χ2v) is 8.36. The van der Waals surface area contributed by atoms with E-state index in [1.54, 1.807) is 0 Å². The van der Waals surface area contributed by atoms with E-state index in [1.807, 2.05) is 60.0 Å². The van der Waals surface area contributed by atoms with Gasteiger partial charge < -0.3 is 16.8 Å². The van der Waals surface area contributed by atoms with Crippen LogP contribution in [0.5, 0.6) is 0 Å². The van der Waals surface area contributed by atoms with Gasteiger partial charge in [0.2, 0.25) is 17.7 Å². The summed E-state index contributed by atoms with van der Waals surface area (Å²) in [5, 5.41) is 3.36. The molecule has 3 aromatic carbocycles. The van der Waals surface area contributed by atoms with Crippen molar-refractivity contribution in [3.63, 3.8) is 0 Å². The molecule has 1 aromatic heterocycles. The van der Waals surface area contributed by atoms with Crippen molar-refractivity contribution >= 4 is 46.2 Å². The predicted molar refractivity (Wildman–Crippen MR) is 129 cm³/mol. The number of anilines is 1. The van der Waals surface area contributed by atoms with E-state index < -0.39 is 11.8 Å². The van der Waals surface area contributed by atoms with Crippen LogP contribution in [-0.2, 0) is 4.79 Å². The van der Waals surface area contributed by atoms with Gasteiger partial charge in [0.05, 0.1) is 16.8 Å². The lowest BCUT2D eigenvalue weighted by molar-refractivity contribution is -0.113. The normalized spacial score (nSPS) is 10.8. The van der Waals surface area contributed by atoms with Crippen LogP contribution in [0.1, 0.15) is 26.3 Å². The lowest BCUT2D eigenvalue weighted by Crippen LogP contribution is -2.19. The van der Waals surface area contributed by atoms with Crippen LogP contribution in [0.4, 0.5) is 5.69 Å². The maximum absolute atomic E-state index is 12.7. The van der Waals surface area contributed by atoms with Crippen LogP contribution in [0.25, 0.3) is 16.7 Å². The van der Waals surface area contributed by atoms with Gasteiger partial charge in [-0.05, 0) is 49.4 Å². The Hall–Kier alpha value is -4.11. The van der Waals surface area contributed by atoms with Gasteiger partial charge in [-0.25, -0.2) is 4.98 Å². The first-order valence-electron chi connectivity index (χ1n) is 10.0. The molecule has 4 rings (SSSR count). The summed E-state index contributed by atoms with van der Waals surface area (Å²) in [7, 11) is 0. The van der Waals surface area contributed by atoms with Crippen molar-refractivity contribution in [2.45, 2.75) is 12.1 Å². The molecular formula is C24H21N5O3S. The van der Waals surface area contributed by atoms with Crippen LogP contribution in [-0.4, -0.2) is 33.0 Å². The minimum absolute atomic E-state index is 0.0574. The van der Waals surface area contributed by atoms with Gasteiger partial charge in [0.1, 0.15) is 0 Å². The van der Waals surface area contributed by atoms with Crippen molar-refractivity contribution in [2.24, 2.45) is 11.5 Å². The van der Waals surface area contributed by atoms with Gasteiger partial charge >= 0.3 is 0 Å². The van der Waals surface area contributed by atoms with Gasteiger partial charge in [-0.1, -0.05) is 41.6 Å². The quantitative estimate of drug-likeness (QED) is 0.365. The Kier molecular flexibility index (Phi) is 6.14. The number of carbonyl (C=O) groups excluding carboxylic acids is 3. The van der Waals surface area contributed by atoms with E-state index >= 15 is 0 Å². The number of rotatable bonds is 7. The number of hydrogen-bond donors (Lipinski definition) is 3. The number of nitrogens with zero attached hydrogens (tertiary/aromatic N) is 2. The fourth-order valence-electron chi connectivity index (χ4n) is 3.36. The number of aromatic nitrogens is 2. The van der Waals surface area contributed by atoms with E-state index in [2.05, 4.69) is 10.3 Å². The average molecular weight is 460 g/mol. The summed E-state index contributed by atoms with van der Waals surface area (Å²) >= 11 is 1.28. The molecule has 0 atom stereocenters. The second-order valence-electron chi connectivity index (χ2n) is 7.42. The Morgan fingerprint density at radius 1 is 0.939 bits per heavy atom. The van der Waals surface area contributed by atoms with Gasteiger partial charge in [-0.3, -0.25) is 19.0 Å². The number of fused-ring (bicyclic) bond motifs is 1. The van der Waals surface area contributed by atoms with Crippen molar-refractivity contribution in [1.82, 2.24) is 9.55 Å². The van der Waals surface area contributed by atoms with Crippen LogP contribution >= 0.6 is 11.8 Å². The Bertz CT molecular complexity index is 1350. The number of nitrogens with two attached hydrogens (primary N) is 2. The van der Waals surface area contributed by atoms with Crippen molar-refractivity contribution < 1.29 is 14.4 Å². The van der Waals surface area contributed by atoms with Gasteiger partial charge in [0.15, 0.2) is 5.16 Å². The fourth-order valence-corrected chi connectivity index (χ4v) is 4.18.